The highest BCUT2D eigenvalue weighted by Gasteiger charge is 2.10. The minimum absolute atomic E-state index is 0.0756. The van der Waals surface area contributed by atoms with Crippen molar-refractivity contribution in [2.75, 3.05) is 6.61 Å². The van der Waals surface area contributed by atoms with Crippen LogP contribution < -0.4 is 5.32 Å². The van der Waals surface area contributed by atoms with Gasteiger partial charge in [-0.2, -0.15) is 0 Å². The van der Waals surface area contributed by atoms with Gasteiger partial charge in [-0.15, -0.1) is 0 Å². The lowest BCUT2D eigenvalue weighted by atomic mass is 10.1. The molecule has 0 heterocycles. The molecule has 0 saturated heterocycles. The average Bonchev–Trinajstić information content (AvgIpc) is 2.36. The molecule has 104 valence electrons. The minimum atomic E-state index is -0.382. The van der Waals surface area contributed by atoms with Gasteiger partial charge in [0.05, 0.1) is 6.21 Å². The van der Waals surface area contributed by atoms with E-state index in [4.69, 9.17) is 4.84 Å². The molecule has 0 fully saturated rings. The quantitative estimate of drug-likeness (QED) is 0.634. The van der Waals surface area contributed by atoms with Crippen molar-refractivity contribution in [3.63, 3.8) is 0 Å². The number of carbonyl (C=O) groups excluding carboxylic acids is 1. The average molecular weight is 266 g/mol. The maximum atomic E-state index is 13.2. The minimum Gasteiger partial charge on any atom is -0.386 e. The van der Waals surface area contributed by atoms with E-state index in [0.29, 0.717) is 11.5 Å². The summed E-state index contributed by atoms with van der Waals surface area (Å²) in [5, 5.41) is 6.35. The standard InChI is InChI=1S/C14H19FN2O2/c1-10(2)11(3)17-14(18)9-19-16-8-12-6-4-5-7-13(12)15/h4-8,10-11H,9H2,1-3H3,(H,17,18)/b16-8-/t11-/m1/s1. The van der Waals surface area contributed by atoms with E-state index in [1.807, 2.05) is 20.8 Å². The molecule has 1 N–H and O–H groups in total. The van der Waals surface area contributed by atoms with Crippen molar-refractivity contribution in [1.82, 2.24) is 5.32 Å². The van der Waals surface area contributed by atoms with Gasteiger partial charge in [0.25, 0.3) is 5.91 Å². The lowest BCUT2D eigenvalue weighted by Crippen LogP contribution is -2.38. The first-order chi connectivity index (χ1) is 9.00. The second-order valence-electron chi connectivity index (χ2n) is 4.63. The van der Waals surface area contributed by atoms with Crippen LogP contribution >= 0.6 is 0 Å². The number of amides is 1. The Labute approximate surface area is 112 Å². The molecule has 1 aromatic rings. The van der Waals surface area contributed by atoms with Crippen LogP contribution in [0.1, 0.15) is 26.3 Å². The molecular weight excluding hydrogens is 247 g/mol. The normalized spacial score (nSPS) is 12.7. The topological polar surface area (TPSA) is 50.7 Å². The molecule has 1 atom stereocenters. The first-order valence-corrected chi connectivity index (χ1v) is 6.20. The molecule has 0 aliphatic carbocycles. The Bertz CT molecular complexity index is 447. The highest BCUT2D eigenvalue weighted by Crippen LogP contribution is 2.03. The maximum absolute atomic E-state index is 13.2. The lowest BCUT2D eigenvalue weighted by Gasteiger charge is -2.16. The molecule has 0 aliphatic rings. The summed E-state index contributed by atoms with van der Waals surface area (Å²) in [4.78, 5) is 16.3. The number of halogens is 1. The fourth-order valence-corrected chi connectivity index (χ4v) is 1.23. The molecule has 0 aromatic heterocycles. The summed E-state index contributed by atoms with van der Waals surface area (Å²) in [6.07, 6.45) is 1.24. The largest absolute Gasteiger partial charge is 0.386 e. The molecule has 0 unspecified atom stereocenters. The number of nitrogens with zero attached hydrogens (tertiary/aromatic N) is 1. The predicted molar refractivity (Wildman–Crippen MR) is 72.4 cm³/mol. The molecule has 0 saturated carbocycles. The van der Waals surface area contributed by atoms with Gasteiger partial charge in [0.1, 0.15) is 5.82 Å². The Morgan fingerprint density at radius 1 is 1.42 bits per heavy atom. The number of nitrogens with one attached hydrogen (secondary N) is 1. The highest BCUT2D eigenvalue weighted by atomic mass is 19.1. The lowest BCUT2D eigenvalue weighted by molar-refractivity contribution is -0.126. The van der Waals surface area contributed by atoms with Crippen molar-refractivity contribution in [1.29, 1.82) is 0 Å². The van der Waals surface area contributed by atoms with E-state index in [-0.39, 0.29) is 24.4 Å². The predicted octanol–water partition coefficient (Wildman–Crippen LogP) is 2.34. The second-order valence-corrected chi connectivity index (χ2v) is 4.63. The van der Waals surface area contributed by atoms with Crippen molar-refractivity contribution in [3.8, 4) is 0 Å². The van der Waals surface area contributed by atoms with Gasteiger partial charge in [0.15, 0.2) is 6.61 Å². The van der Waals surface area contributed by atoms with Crippen molar-refractivity contribution >= 4 is 12.1 Å². The number of hydrogen-bond donors (Lipinski definition) is 1. The molecule has 0 bridgehead atoms. The third kappa shape index (κ3) is 5.50. The smallest absolute Gasteiger partial charge is 0.260 e. The van der Waals surface area contributed by atoms with E-state index in [9.17, 15) is 9.18 Å². The number of hydrogen-bond acceptors (Lipinski definition) is 3. The first kappa shape index (κ1) is 15.1. The summed E-state index contributed by atoms with van der Waals surface area (Å²) < 4.78 is 13.2. The van der Waals surface area contributed by atoms with E-state index in [0.717, 1.165) is 0 Å². The van der Waals surface area contributed by atoms with Crippen LogP contribution in [0.15, 0.2) is 29.4 Å². The summed E-state index contributed by atoms with van der Waals surface area (Å²) in [6.45, 7) is 5.78. The van der Waals surface area contributed by atoms with Gasteiger partial charge in [0, 0.05) is 11.6 Å². The molecule has 0 radical (unpaired) electrons. The summed E-state index contributed by atoms with van der Waals surface area (Å²) in [6, 6.07) is 6.27. The van der Waals surface area contributed by atoms with E-state index >= 15 is 0 Å². The van der Waals surface area contributed by atoms with Crippen molar-refractivity contribution < 1.29 is 14.0 Å². The van der Waals surface area contributed by atoms with Crippen LogP contribution in [0.4, 0.5) is 4.39 Å². The zero-order valence-electron chi connectivity index (χ0n) is 11.4. The molecular formula is C14H19FN2O2. The van der Waals surface area contributed by atoms with E-state index in [1.54, 1.807) is 18.2 Å². The molecule has 5 heteroatoms. The number of benzene rings is 1. The third-order valence-corrected chi connectivity index (χ3v) is 2.76. The molecule has 19 heavy (non-hydrogen) atoms. The molecule has 4 nitrogen and oxygen atoms in total. The van der Waals surface area contributed by atoms with Gasteiger partial charge in [-0.25, -0.2) is 4.39 Å². The van der Waals surface area contributed by atoms with E-state index in [2.05, 4.69) is 10.5 Å². The van der Waals surface area contributed by atoms with Crippen molar-refractivity contribution in [2.24, 2.45) is 11.1 Å². The van der Waals surface area contributed by atoms with Crippen molar-refractivity contribution in [3.05, 3.63) is 35.6 Å². The molecule has 1 aromatic carbocycles. The SMILES string of the molecule is CC(C)[C@@H](C)NC(=O)CO/N=C\c1ccccc1F. The Morgan fingerprint density at radius 2 is 2.11 bits per heavy atom. The maximum Gasteiger partial charge on any atom is 0.260 e. The Hall–Kier alpha value is -1.91. The second kappa shape index (κ2) is 7.51. The Morgan fingerprint density at radius 3 is 2.74 bits per heavy atom. The zero-order chi connectivity index (χ0) is 14.3. The van der Waals surface area contributed by atoms with Crippen LogP contribution in [0.25, 0.3) is 0 Å². The van der Waals surface area contributed by atoms with Crippen LogP contribution in [0.5, 0.6) is 0 Å². The number of oxime groups is 1. The molecule has 0 aliphatic heterocycles. The molecule has 0 spiro atoms. The summed E-state index contributed by atoms with van der Waals surface area (Å²) >= 11 is 0. The highest BCUT2D eigenvalue weighted by molar-refractivity contribution is 5.80. The van der Waals surface area contributed by atoms with Gasteiger partial charge < -0.3 is 10.2 Å². The van der Waals surface area contributed by atoms with E-state index < -0.39 is 0 Å². The van der Waals surface area contributed by atoms with Crippen LogP contribution in [0, 0.1) is 11.7 Å². The van der Waals surface area contributed by atoms with Gasteiger partial charge >= 0.3 is 0 Å². The van der Waals surface area contributed by atoms with Crippen molar-refractivity contribution in [2.45, 2.75) is 26.8 Å². The first-order valence-electron chi connectivity index (χ1n) is 6.20. The summed E-state index contributed by atoms with van der Waals surface area (Å²) in [5.41, 5.74) is 0.318. The Balaban J connectivity index is 2.34. The zero-order valence-corrected chi connectivity index (χ0v) is 11.4. The van der Waals surface area contributed by atoms with Gasteiger partial charge in [-0.1, -0.05) is 37.2 Å². The summed E-state index contributed by atoms with van der Waals surface area (Å²) in [7, 11) is 0. The monoisotopic (exact) mass is 266 g/mol. The van der Waals surface area contributed by atoms with Gasteiger partial charge in [-0.05, 0) is 18.9 Å². The van der Waals surface area contributed by atoms with Crippen LogP contribution in [0.3, 0.4) is 0 Å². The fourth-order valence-electron chi connectivity index (χ4n) is 1.23. The Kier molecular flexibility index (Phi) is 5.99. The molecule has 1 rings (SSSR count). The summed E-state index contributed by atoms with van der Waals surface area (Å²) in [5.74, 6) is -0.273. The number of rotatable bonds is 6. The van der Waals surface area contributed by atoms with Crippen LogP contribution in [-0.4, -0.2) is 24.8 Å². The molecule has 1 amide bonds. The van der Waals surface area contributed by atoms with Gasteiger partial charge in [0.2, 0.25) is 0 Å². The third-order valence-electron chi connectivity index (χ3n) is 2.76. The van der Waals surface area contributed by atoms with Crippen LogP contribution in [0.2, 0.25) is 0 Å². The van der Waals surface area contributed by atoms with Gasteiger partial charge in [-0.3, -0.25) is 4.79 Å². The number of carbonyl (C=O) groups is 1. The van der Waals surface area contributed by atoms with Crippen LogP contribution in [-0.2, 0) is 9.63 Å². The van der Waals surface area contributed by atoms with E-state index in [1.165, 1.54) is 12.3 Å². The fraction of sp³-hybridized carbons (Fsp3) is 0.429.